The van der Waals surface area contributed by atoms with Crippen molar-refractivity contribution >= 4 is 39.5 Å². The summed E-state index contributed by atoms with van der Waals surface area (Å²) in [6.45, 7) is 5.33. The third kappa shape index (κ3) is 4.52. The predicted molar refractivity (Wildman–Crippen MR) is 122 cm³/mol. The van der Waals surface area contributed by atoms with Crippen molar-refractivity contribution in [1.29, 1.82) is 0 Å². The van der Waals surface area contributed by atoms with Gasteiger partial charge in [-0.1, -0.05) is 12.8 Å². The Labute approximate surface area is 190 Å². The Bertz CT molecular complexity index is 1160. The molecule has 8 nitrogen and oxygen atoms in total. The molecule has 2 N–H and O–H groups in total. The zero-order valence-electron chi connectivity index (χ0n) is 18.3. The van der Waals surface area contributed by atoms with E-state index in [2.05, 4.69) is 15.6 Å². The Kier molecular flexibility index (Phi) is 6.27. The number of hydrogen-bond donors (Lipinski definition) is 2. The number of imide groups is 1. The molecule has 4 rings (SSSR count). The minimum atomic E-state index is -1.13. The average Bonchev–Trinajstić information content (AvgIpc) is 3.47. The summed E-state index contributed by atoms with van der Waals surface area (Å²) >= 11 is 1.23. The van der Waals surface area contributed by atoms with E-state index in [9.17, 15) is 14.4 Å². The number of carbonyl (C=O) groups is 3. The van der Waals surface area contributed by atoms with Crippen LogP contribution in [-0.4, -0.2) is 39.6 Å². The molecular formula is C23H26N4O4S. The average molecular weight is 455 g/mol. The molecule has 9 heteroatoms. The van der Waals surface area contributed by atoms with E-state index in [0.717, 1.165) is 47.2 Å². The number of urea groups is 1. The van der Waals surface area contributed by atoms with Crippen molar-refractivity contribution in [3.63, 3.8) is 0 Å². The number of aromatic nitrogens is 2. The van der Waals surface area contributed by atoms with Gasteiger partial charge in [0.25, 0.3) is 5.91 Å². The van der Waals surface area contributed by atoms with Crippen LogP contribution in [0.5, 0.6) is 0 Å². The van der Waals surface area contributed by atoms with Gasteiger partial charge in [0.15, 0.2) is 6.10 Å². The fourth-order valence-electron chi connectivity index (χ4n) is 4.06. The number of rotatable bonds is 5. The second-order valence-electron chi connectivity index (χ2n) is 8.12. The van der Waals surface area contributed by atoms with Crippen LogP contribution in [0.2, 0.25) is 0 Å². The van der Waals surface area contributed by atoms with Gasteiger partial charge in [-0.05, 0) is 57.4 Å². The number of nitrogens with zero attached hydrogens (tertiary/aromatic N) is 2. The van der Waals surface area contributed by atoms with Gasteiger partial charge in [-0.3, -0.25) is 10.1 Å². The molecule has 3 aromatic heterocycles. The maximum atomic E-state index is 13.1. The van der Waals surface area contributed by atoms with Crippen LogP contribution in [0.3, 0.4) is 0 Å². The van der Waals surface area contributed by atoms with Crippen LogP contribution in [0, 0.1) is 13.8 Å². The van der Waals surface area contributed by atoms with Gasteiger partial charge < -0.3 is 14.6 Å². The summed E-state index contributed by atoms with van der Waals surface area (Å²) in [6, 6.07) is 5.23. The first-order valence-electron chi connectivity index (χ1n) is 10.7. The first-order chi connectivity index (χ1) is 15.3. The Morgan fingerprint density at radius 1 is 1.19 bits per heavy atom. The molecule has 32 heavy (non-hydrogen) atoms. The summed E-state index contributed by atoms with van der Waals surface area (Å²) in [5, 5.41) is 5.93. The maximum absolute atomic E-state index is 13.1. The zero-order chi connectivity index (χ0) is 22.8. The minimum absolute atomic E-state index is 0.0857. The highest BCUT2D eigenvalue weighted by atomic mass is 32.1. The number of carbonyl (C=O) groups excluding carboxylic acids is 3. The van der Waals surface area contributed by atoms with Crippen molar-refractivity contribution in [2.24, 2.45) is 0 Å². The van der Waals surface area contributed by atoms with Gasteiger partial charge in [0.05, 0.1) is 5.69 Å². The fourth-order valence-corrected chi connectivity index (χ4v) is 5.24. The second kappa shape index (κ2) is 9.12. The highest BCUT2D eigenvalue weighted by molar-refractivity contribution is 7.21. The highest BCUT2D eigenvalue weighted by Gasteiger charge is 2.27. The molecule has 1 saturated carbocycles. The van der Waals surface area contributed by atoms with Crippen LogP contribution in [0.25, 0.3) is 15.9 Å². The SMILES string of the molecule is Cc1cc(C)c2c(-n3cccc3)c(C(=O)OC(C)C(=O)NC(=O)NC3CCCC3)sc2n1. The largest absolute Gasteiger partial charge is 0.448 e. The van der Waals surface area contributed by atoms with Gasteiger partial charge >= 0.3 is 12.0 Å². The molecule has 0 spiro atoms. The van der Waals surface area contributed by atoms with Gasteiger partial charge in [-0.2, -0.15) is 0 Å². The molecule has 1 atom stereocenters. The van der Waals surface area contributed by atoms with Gasteiger partial charge in [0.1, 0.15) is 9.71 Å². The molecule has 0 radical (unpaired) electrons. The van der Waals surface area contributed by atoms with Gasteiger partial charge in [-0.25, -0.2) is 14.6 Å². The monoisotopic (exact) mass is 454 g/mol. The predicted octanol–water partition coefficient (Wildman–Crippen LogP) is 4.02. The van der Waals surface area contributed by atoms with E-state index in [1.54, 1.807) is 0 Å². The molecule has 1 aliphatic carbocycles. The molecule has 3 heterocycles. The third-order valence-corrected chi connectivity index (χ3v) is 6.64. The molecular weight excluding hydrogens is 428 g/mol. The van der Waals surface area contributed by atoms with Crippen molar-refractivity contribution in [3.05, 3.63) is 46.7 Å². The van der Waals surface area contributed by atoms with Crippen LogP contribution in [0.1, 0.15) is 53.5 Å². The molecule has 1 fully saturated rings. The van der Waals surface area contributed by atoms with Gasteiger partial charge in [0.2, 0.25) is 0 Å². The molecule has 0 aliphatic heterocycles. The van der Waals surface area contributed by atoms with Crippen molar-refractivity contribution in [3.8, 4) is 5.69 Å². The summed E-state index contributed by atoms with van der Waals surface area (Å²) in [7, 11) is 0. The van der Waals surface area contributed by atoms with Crippen LogP contribution in [0.15, 0.2) is 30.6 Å². The van der Waals surface area contributed by atoms with Crippen molar-refractivity contribution in [2.75, 3.05) is 0 Å². The van der Waals surface area contributed by atoms with E-state index in [1.165, 1.54) is 18.3 Å². The van der Waals surface area contributed by atoms with E-state index in [0.29, 0.717) is 10.6 Å². The lowest BCUT2D eigenvalue weighted by Crippen LogP contribution is -2.47. The van der Waals surface area contributed by atoms with Crippen LogP contribution in [-0.2, 0) is 9.53 Å². The van der Waals surface area contributed by atoms with Gasteiger partial charge in [-0.15, -0.1) is 11.3 Å². The Morgan fingerprint density at radius 3 is 2.56 bits per heavy atom. The fraction of sp³-hybridized carbons (Fsp3) is 0.391. The van der Waals surface area contributed by atoms with Crippen molar-refractivity contribution < 1.29 is 19.1 Å². The number of aryl methyl sites for hydroxylation is 2. The van der Waals surface area contributed by atoms with E-state index in [-0.39, 0.29) is 6.04 Å². The molecule has 0 bridgehead atoms. The van der Waals surface area contributed by atoms with E-state index < -0.39 is 24.0 Å². The standard InChI is InChI=1S/C23H26N4O4S/c1-13-12-14(2)24-21-17(13)18(27-10-6-7-11-27)19(32-21)22(29)31-15(3)20(28)26-23(30)25-16-8-4-5-9-16/h6-7,10-12,15-16H,4-5,8-9H2,1-3H3,(H2,25,26,28,30). The third-order valence-electron chi connectivity index (χ3n) is 5.59. The number of thiophene rings is 1. The Balaban J connectivity index is 1.53. The lowest BCUT2D eigenvalue weighted by Gasteiger charge is -2.15. The second-order valence-corrected chi connectivity index (χ2v) is 9.12. The number of nitrogens with one attached hydrogen (secondary N) is 2. The first kappa shape index (κ1) is 22.0. The summed E-state index contributed by atoms with van der Waals surface area (Å²) in [5.41, 5.74) is 2.54. The highest BCUT2D eigenvalue weighted by Crippen LogP contribution is 2.36. The van der Waals surface area contributed by atoms with Crippen molar-refractivity contribution in [1.82, 2.24) is 20.2 Å². The normalized spacial score (nSPS) is 15.0. The molecule has 1 aliphatic rings. The van der Waals surface area contributed by atoms with E-state index in [1.807, 2.05) is 49.0 Å². The summed E-state index contributed by atoms with van der Waals surface area (Å²) < 4.78 is 7.29. The summed E-state index contributed by atoms with van der Waals surface area (Å²) in [5.74, 6) is -1.30. The number of amides is 3. The van der Waals surface area contributed by atoms with Crippen LogP contribution < -0.4 is 10.6 Å². The quantitative estimate of drug-likeness (QED) is 0.567. The zero-order valence-corrected chi connectivity index (χ0v) is 19.1. The summed E-state index contributed by atoms with van der Waals surface area (Å²) in [4.78, 5) is 43.2. The number of esters is 1. The lowest BCUT2D eigenvalue weighted by molar-refractivity contribution is -0.127. The lowest BCUT2D eigenvalue weighted by atomic mass is 10.1. The molecule has 3 amide bonds. The van der Waals surface area contributed by atoms with Gasteiger partial charge in [0, 0.05) is 29.5 Å². The number of fused-ring (bicyclic) bond motifs is 1. The molecule has 0 saturated heterocycles. The minimum Gasteiger partial charge on any atom is -0.448 e. The van der Waals surface area contributed by atoms with Crippen molar-refractivity contribution in [2.45, 2.75) is 58.6 Å². The number of hydrogen-bond acceptors (Lipinski definition) is 6. The molecule has 1 unspecified atom stereocenters. The van der Waals surface area contributed by atoms with E-state index in [4.69, 9.17) is 4.74 Å². The smallest absolute Gasteiger partial charge is 0.351 e. The number of ether oxygens (including phenoxy) is 1. The Hall–Kier alpha value is -3.20. The summed E-state index contributed by atoms with van der Waals surface area (Å²) in [6.07, 6.45) is 6.53. The molecule has 0 aromatic carbocycles. The molecule has 168 valence electrons. The van der Waals surface area contributed by atoms with Crippen LogP contribution in [0.4, 0.5) is 4.79 Å². The molecule has 3 aromatic rings. The van der Waals surface area contributed by atoms with E-state index >= 15 is 0 Å². The topological polar surface area (TPSA) is 102 Å². The first-order valence-corrected chi connectivity index (χ1v) is 11.5. The van der Waals surface area contributed by atoms with Crippen LogP contribution >= 0.6 is 11.3 Å². The Morgan fingerprint density at radius 2 is 1.88 bits per heavy atom. The maximum Gasteiger partial charge on any atom is 0.351 e. The number of pyridine rings is 1.